The van der Waals surface area contributed by atoms with E-state index in [4.69, 9.17) is 5.73 Å². The molecule has 0 amide bonds. The number of hydrogen-bond donors (Lipinski definition) is 3. The third kappa shape index (κ3) is 2.91. The van der Waals surface area contributed by atoms with Crippen LogP contribution in [-0.4, -0.2) is 27.0 Å². The zero-order chi connectivity index (χ0) is 10.2. The van der Waals surface area contributed by atoms with Crippen LogP contribution in [0.3, 0.4) is 0 Å². The molecule has 0 heterocycles. The second-order valence-electron chi connectivity index (χ2n) is 4.19. The van der Waals surface area contributed by atoms with Crippen LogP contribution < -0.4 is 15.2 Å². The molecule has 2 rings (SSSR count). The summed E-state index contributed by atoms with van der Waals surface area (Å²) in [5.41, 5.74) is 5.51. The molecule has 4 N–H and O–H groups in total. The Morgan fingerprint density at radius 1 is 1.29 bits per heavy atom. The summed E-state index contributed by atoms with van der Waals surface area (Å²) in [6, 6.07) is 0.0800. The highest BCUT2D eigenvalue weighted by atomic mass is 32.2. The Balaban J connectivity index is 1.86. The van der Waals surface area contributed by atoms with Crippen LogP contribution in [0.5, 0.6) is 0 Å². The zero-order valence-corrected chi connectivity index (χ0v) is 8.89. The van der Waals surface area contributed by atoms with Gasteiger partial charge >= 0.3 is 0 Å². The zero-order valence-electron chi connectivity index (χ0n) is 8.07. The minimum absolute atomic E-state index is 0.0775. The smallest absolute Gasteiger partial charge is 0.277 e. The molecule has 2 saturated carbocycles. The summed E-state index contributed by atoms with van der Waals surface area (Å²) in [5, 5.41) is 0. The van der Waals surface area contributed by atoms with Gasteiger partial charge in [0.05, 0.1) is 0 Å². The van der Waals surface area contributed by atoms with Crippen molar-refractivity contribution in [2.75, 3.05) is 6.54 Å². The van der Waals surface area contributed by atoms with Crippen molar-refractivity contribution in [3.63, 3.8) is 0 Å². The fourth-order valence-corrected chi connectivity index (χ4v) is 2.92. The number of rotatable bonds is 6. The predicted octanol–water partition coefficient (Wildman–Crippen LogP) is -0.690. The first kappa shape index (κ1) is 10.4. The molecule has 2 aliphatic carbocycles. The van der Waals surface area contributed by atoms with Gasteiger partial charge in [-0.3, -0.25) is 0 Å². The average molecular weight is 219 g/mol. The normalized spacial score (nSPS) is 24.9. The SMILES string of the molecule is NCC(NS(=O)(=O)NC1CC1)C1CC1. The molecule has 0 aromatic rings. The average Bonchev–Trinajstić information content (AvgIpc) is 2.91. The van der Waals surface area contributed by atoms with E-state index in [0.29, 0.717) is 12.5 Å². The van der Waals surface area contributed by atoms with Gasteiger partial charge in [0, 0.05) is 18.6 Å². The molecular formula is C8H17N3O2S. The first-order chi connectivity index (χ1) is 6.61. The highest BCUT2D eigenvalue weighted by Gasteiger charge is 2.34. The third-order valence-electron chi connectivity index (χ3n) is 2.65. The minimum atomic E-state index is -3.31. The summed E-state index contributed by atoms with van der Waals surface area (Å²) in [6.07, 6.45) is 4.09. The van der Waals surface area contributed by atoms with Crippen LogP contribution in [0.15, 0.2) is 0 Å². The summed E-state index contributed by atoms with van der Waals surface area (Å²) in [5.74, 6) is 0.454. The fraction of sp³-hybridized carbons (Fsp3) is 1.00. The maximum atomic E-state index is 11.5. The van der Waals surface area contributed by atoms with E-state index in [0.717, 1.165) is 25.7 Å². The van der Waals surface area contributed by atoms with Crippen LogP contribution in [0.2, 0.25) is 0 Å². The van der Waals surface area contributed by atoms with Crippen molar-refractivity contribution in [2.45, 2.75) is 37.8 Å². The Labute approximate surface area is 84.6 Å². The first-order valence-corrected chi connectivity index (χ1v) is 6.58. The summed E-state index contributed by atoms with van der Waals surface area (Å²) in [4.78, 5) is 0. The molecule has 2 aliphatic rings. The van der Waals surface area contributed by atoms with Crippen molar-refractivity contribution in [1.29, 1.82) is 0 Å². The second-order valence-corrected chi connectivity index (χ2v) is 5.67. The predicted molar refractivity (Wildman–Crippen MR) is 53.8 cm³/mol. The van der Waals surface area contributed by atoms with E-state index in [1.54, 1.807) is 0 Å². The molecule has 1 atom stereocenters. The topological polar surface area (TPSA) is 84.2 Å². The molecular weight excluding hydrogens is 202 g/mol. The van der Waals surface area contributed by atoms with Crippen molar-refractivity contribution in [3.05, 3.63) is 0 Å². The molecule has 82 valence electrons. The molecule has 6 heteroatoms. The van der Waals surface area contributed by atoms with Crippen LogP contribution in [0.1, 0.15) is 25.7 Å². The van der Waals surface area contributed by atoms with Gasteiger partial charge in [0.25, 0.3) is 10.2 Å². The van der Waals surface area contributed by atoms with Gasteiger partial charge in [-0.15, -0.1) is 0 Å². The van der Waals surface area contributed by atoms with Crippen LogP contribution in [0.4, 0.5) is 0 Å². The number of hydrogen-bond acceptors (Lipinski definition) is 3. The van der Waals surface area contributed by atoms with Crippen molar-refractivity contribution in [2.24, 2.45) is 11.7 Å². The third-order valence-corrected chi connectivity index (χ3v) is 3.91. The summed E-state index contributed by atoms with van der Waals surface area (Å²) >= 11 is 0. The molecule has 1 unspecified atom stereocenters. The lowest BCUT2D eigenvalue weighted by atomic mass is 10.2. The Kier molecular flexibility index (Phi) is 2.79. The van der Waals surface area contributed by atoms with Gasteiger partial charge in [0.15, 0.2) is 0 Å². The van der Waals surface area contributed by atoms with E-state index in [1.165, 1.54) is 0 Å². The fourth-order valence-electron chi connectivity index (χ4n) is 1.49. The molecule has 0 saturated heterocycles. The van der Waals surface area contributed by atoms with E-state index < -0.39 is 10.2 Å². The molecule has 0 radical (unpaired) electrons. The standard InChI is InChI=1S/C8H17N3O2S/c9-5-8(6-1-2-6)11-14(12,13)10-7-3-4-7/h6-8,10-11H,1-5,9H2. The van der Waals surface area contributed by atoms with E-state index >= 15 is 0 Å². The van der Waals surface area contributed by atoms with Crippen molar-refractivity contribution < 1.29 is 8.42 Å². The van der Waals surface area contributed by atoms with Crippen LogP contribution >= 0.6 is 0 Å². The van der Waals surface area contributed by atoms with E-state index in [-0.39, 0.29) is 12.1 Å². The summed E-state index contributed by atoms with van der Waals surface area (Å²) in [7, 11) is -3.31. The summed E-state index contributed by atoms with van der Waals surface area (Å²) in [6.45, 7) is 0.385. The van der Waals surface area contributed by atoms with Gasteiger partial charge in [-0.1, -0.05) is 0 Å². The Bertz CT molecular complexity index is 296. The lowest BCUT2D eigenvalue weighted by Gasteiger charge is -2.16. The second kappa shape index (κ2) is 3.77. The lowest BCUT2D eigenvalue weighted by molar-refractivity contribution is 0.509. The molecule has 14 heavy (non-hydrogen) atoms. The van der Waals surface area contributed by atoms with Gasteiger partial charge < -0.3 is 5.73 Å². The lowest BCUT2D eigenvalue weighted by Crippen LogP contribution is -2.47. The quantitative estimate of drug-likeness (QED) is 0.553. The van der Waals surface area contributed by atoms with E-state index in [1.807, 2.05) is 0 Å². The Hall–Kier alpha value is -0.170. The molecule has 5 nitrogen and oxygen atoms in total. The first-order valence-electron chi connectivity index (χ1n) is 5.10. The van der Waals surface area contributed by atoms with Crippen molar-refractivity contribution in [1.82, 2.24) is 9.44 Å². The molecule has 0 aliphatic heterocycles. The van der Waals surface area contributed by atoms with Crippen LogP contribution in [0.25, 0.3) is 0 Å². The highest BCUT2D eigenvalue weighted by Crippen LogP contribution is 2.32. The molecule has 0 spiro atoms. The van der Waals surface area contributed by atoms with E-state index in [9.17, 15) is 8.42 Å². The molecule has 0 aromatic heterocycles. The molecule has 2 fully saturated rings. The maximum absolute atomic E-state index is 11.5. The number of nitrogens with one attached hydrogen (secondary N) is 2. The monoisotopic (exact) mass is 219 g/mol. The molecule has 0 bridgehead atoms. The van der Waals surface area contributed by atoms with Gasteiger partial charge in [-0.25, -0.2) is 0 Å². The van der Waals surface area contributed by atoms with Gasteiger partial charge in [-0.2, -0.15) is 17.9 Å². The van der Waals surface area contributed by atoms with E-state index in [2.05, 4.69) is 9.44 Å². The van der Waals surface area contributed by atoms with Gasteiger partial charge in [0.2, 0.25) is 0 Å². The Morgan fingerprint density at radius 2 is 1.93 bits per heavy atom. The largest absolute Gasteiger partial charge is 0.329 e. The Morgan fingerprint density at radius 3 is 2.36 bits per heavy atom. The van der Waals surface area contributed by atoms with Crippen LogP contribution in [0, 0.1) is 5.92 Å². The van der Waals surface area contributed by atoms with Crippen LogP contribution in [-0.2, 0) is 10.2 Å². The molecule has 0 aromatic carbocycles. The maximum Gasteiger partial charge on any atom is 0.277 e. The number of nitrogens with two attached hydrogens (primary N) is 1. The van der Waals surface area contributed by atoms with Gasteiger partial charge in [-0.05, 0) is 31.6 Å². The summed E-state index contributed by atoms with van der Waals surface area (Å²) < 4.78 is 28.2. The van der Waals surface area contributed by atoms with Crippen molar-refractivity contribution in [3.8, 4) is 0 Å². The van der Waals surface area contributed by atoms with Gasteiger partial charge in [0.1, 0.15) is 0 Å². The minimum Gasteiger partial charge on any atom is -0.329 e. The highest BCUT2D eigenvalue weighted by molar-refractivity contribution is 7.87. The van der Waals surface area contributed by atoms with Crippen molar-refractivity contribution >= 4 is 10.2 Å².